The number of aldehydes is 1. The Morgan fingerprint density at radius 2 is 2.27 bits per heavy atom. The highest BCUT2D eigenvalue weighted by molar-refractivity contribution is 6.31. The van der Waals surface area contributed by atoms with Crippen molar-refractivity contribution in [3.63, 3.8) is 0 Å². The summed E-state index contributed by atoms with van der Waals surface area (Å²) in [5.74, 6) is 0.413. The third-order valence-corrected chi connectivity index (χ3v) is 2.12. The molecular formula is C9H7ClN4O. The Labute approximate surface area is 90.7 Å². The van der Waals surface area contributed by atoms with Crippen LogP contribution in [-0.2, 0) is 7.05 Å². The van der Waals surface area contributed by atoms with Gasteiger partial charge in [0.05, 0.1) is 7.05 Å². The Morgan fingerprint density at radius 3 is 2.87 bits per heavy atom. The molecule has 0 saturated heterocycles. The summed E-state index contributed by atoms with van der Waals surface area (Å²) in [5, 5.41) is 12.0. The van der Waals surface area contributed by atoms with Gasteiger partial charge in [0, 0.05) is 16.1 Å². The molecular weight excluding hydrogens is 216 g/mol. The van der Waals surface area contributed by atoms with Gasteiger partial charge in [0.2, 0.25) is 5.82 Å². The summed E-state index contributed by atoms with van der Waals surface area (Å²) in [6, 6.07) is 4.95. The van der Waals surface area contributed by atoms with Gasteiger partial charge in [-0.2, -0.15) is 4.80 Å². The van der Waals surface area contributed by atoms with Gasteiger partial charge < -0.3 is 0 Å². The van der Waals surface area contributed by atoms with Crippen molar-refractivity contribution < 1.29 is 4.79 Å². The smallest absolute Gasteiger partial charge is 0.205 e. The van der Waals surface area contributed by atoms with E-state index in [1.54, 1.807) is 25.2 Å². The fourth-order valence-electron chi connectivity index (χ4n) is 1.23. The van der Waals surface area contributed by atoms with E-state index in [0.29, 0.717) is 22.0 Å². The molecule has 0 aliphatic carbocycles. The van der Waals surface area contributed by atoms with Gasteiger partial charge in [0.25, 0.3) is 0 Å². The summed E-state index contributed by atoms with van der Waals surface area (Å²) >= 11 is 5.77. The topological polar surface area (TPSA) is 60.7 Å². The number of nitrogens with zero attached hydrogens (tertiary/aromatic N) is 4. The number of carbonyl (C=O) groups excluding carboxylic acids is 1. The molecule has 0 aliphatic heterocycles. The number of benzene rings is 1. The number of hydrogen-bond donors (Lipinski definition) is 0. The second-order valence-electron chi connectivity index (χ2n) is 2.95. The van der Waals surface area contributed by atoms with Crippen LogP contribution in [0.5, 0.6) is 0 Å². The lowest BCUT2D eigenvalue weighted by molar-refractivity contribution is 0.112. The first-order chi connectivity index (χ1) is 7.20. The van der Waals surface area contributed by atoms with Crippen molar-refractivity contribution in [2.75, 3.05) is 0 Å². The number of halogens is 1. The van der Waals surface area contributed by atoms with Gasteiger partial charge in [-0.3, -0.25) is 4.79 Å². The first-order valence-corrected chi connectivity index (χ1v) is 4.57. The van der Waals surface area contributed by atoms with E-state index in [4.69, 9.17) is 11.6 Å². The Bertz CT molecular complexity index is 509. The van der Waals surface area contributed by atoms with Crippen molar-refractivity contribution in [2.24, 2.45) is 7.05 Å². The van der Waals surface area contributed by atoms with Crippen LogP contribution in [-0.4, -0.2) is 26.5 Å². The number of hydrogen-bond acceptors (Lipinski definition) is 4. The van der Waals surface area contributed by atoms with E-state index in [1.807, 2.05) is 0 Å². The molecule has 0 spiro atoms. The second-order valence-corrected chi connectivity index (χ2v) is 3.39. The van der Waals surface area contributed by atoms with Crippen molar-refractivity contribution in [1.29, 1.82) is 0 Å². The molecule has 0 unspecified atom stereocenters. The zero-order valence-electron chi connectivity index (χ0n) is 7.88. The number of carbonyl (C=O) groups is 1. The van der Waals surface area contributed by atoms with Crippen LogP contribution in [0, 0.1) is 0 Å². The van der Waals surface area contributed by atoms with Crippen LogP contribution in [0.1, 0.15) is 10.4 Å². The van der Waals surface area contributed by atoms with Gasteiger partial charge in [0.1, 0.15) is 0 Å². The molecule has 1 heterocycles. The van der Waals surface area contributed by atoms with Crippen LogP contribution < -0.4 is 0 Å². The van der Waals surface area contributed by atoms with Crippen molar-refractivity contribution >= 4 is 17.9 Å². The van der Waals surface area contributed by atoms with E-state index in [9.17, 15) is 4.79 Å². The molecule has 0 fully saturated rings. The molecule has 5 nitrogen and oxygen atoms in total. The predicted octanol–water partition coefficient (Wildman–Crippen LogP) is 1.34. The molecule has 0 bridgehead atoms. The van der Waals surface area contributed by atoms with E-state index in [-0.39, 0.29) is 0 Å². The maximum Gasteiger partial charge on any atom is 0.205 e. The summed E-state index contributed by atoms with van der Waals surface area (Å²) in [5.41, 5.74) is 1.08. The molecule has 0 aliphatic rings. The van der Waals surface area contributed by atoms with Crippen molar-refractivity contribution in [3.05, 3.63) is 28.8 Å². The number of aryl methyl sites for hydroxylation is 1. The van der Waals surface area contributed by atoms with E-state index < -0.39 is 0 Å². The van der Waals surface area contributed by atoms with Gasteiger partial charge in [-0.15, -0.1) is 10.2 Å². The predicted molar refractivity (Wildman–Crippen MR) is 54.6 cm³/mol. The van der Waals surface area contributed by atoms with Gasteiger partial charge in [0.15, 0.2) is 6.29 Å². The number of tetrazole rings is 1. The average molecular weight is 223 g/mol. The third-order valence-electron chi connectivity index (χ3n) is 1.89. The summed E-state index contributed by atoms with van der Waals surface area (Å²) in [4.78, 5) is 12.2. The molecule has 0 N–H and O–H groups in total. The van der Waals surface area contributed by atoms with Crippen molar-refractivity contribution in [1.82, 2.24) is 20.2 Å². The largest absolute Gasteiger partial charge is 0.298 e. The van der Waals surface area contributed by atoms with E-state index in [1.165, 1.54) is 4.80 Å². The minimum Gasteiger partial charge on any atom is -0.298 e. The van der Waals surface area contributed by atoms with Gasteiger partial charge in [-0.25, -0.2) is 0 Å². The Balaban J connectivity index is 2.57. The van der Waals surface area contributed by atoms with Gasteiger partial charge in [-0.05, 0) is 23.4 Å². The lowest BCUT2D eigenvalue weighted by Gasteiger charge is -1.99. The molecule has 0 saturated carbocycles. The molecule has 2 aromatic rings. The molecule has 76 valence electrons. The summed E-state index contributed by atoms with van der Waals surface area (Å²) in [6.07, 6.45) is 0.720. The summed E-state index contributed by atoms with van der Waals surface area (Å²) in [6.45, 7) is 0. The monoisotopic (exact) mass is 222 g/mol. The van der Waals surface area contributed by atoms with Crippen molar-refractivity contribution in [3.8, 4) is 11.4 Å². The molecule has 0 amide bonds. The fourth-order valence-corrected chi connectivity index (χ4v) is 1.41. The molecule has 0 radical (unpaired) electrons. The van der Waals surface area contributed by atoms with E-state index in [0.717, 1.165) is 6.29 Å². The highest BCUT2D eigenvalue weighted by atomic mass is 35.5. The molecule has 1 aromatic heterocycles. The van der Waals surface area contributed by atoms with Crippen LogP contribution in [0.15, 0.2) is 18.2 Å². The summed E-state index contributed by atoms with van der Waals surface area (Å²) < 4.78 is 0. The van der Waals surface area contributed by atoms with Gasteiger partial charge in [-0.1, -0.05) is 11.6 Å². The third kappa shape index (κ3) is 1.87. The maximum atomic E-state index is 10.8. The minimum atomic E-state index is 0.413. The number of rotatable bonds is 2. The lowest BCUT2D eigenvalue weighted by Crippen LogP contribution is -1.93. The molecule has 2 rings (SSSR count). The first kappa shape index (κ1) is 9.79. The standard InChI is InChI=1S/C9H7ClN4O/c1-14-12-9(11-13-14)8-3-2-7(10)4-6(8)5-15/h2-5H,1H3. The highest BCUT2D eigenvalue weighted by Gasteiger charge is 2.09. The van der Waals surface area contributed by atoms with Crippen molar-refractivity contribution in [2.45, 2.75) is 0 Å². The quantitative estimate of drug-likeness (QED) is 0.720. The second kappa shape index (κ2) is 3.78. The van der Waals surface area contributed by atoms with Crippen LogP contribution in [0.2, 0.25) is 5.02 Å². The zero-order valence-corrected chi connectivity index (χ0v) is 8.64. The fraction of sp³-hybridized carbons (Fsp3) is 0.111. The summed E-state index contributed by atoms with van der Waals surface area (Å²) in [7, 11) is 1.66. The Kier molecular flexibility index (Phi) is 2.47. The minimum absolute atomic E-state index is 0.413. The first-order valence-electron chi connectivity index (χ1n) is 4.20. The molecule has 6 heteroatoms. The molecule has 0 atom stereocenters. The maximum absolute atomic E-state index is 10.8. The highest BCUT2D eigenvalue weighted by Crippen LogP contribution is 2.21. The Morgan fingerprint density at radius 1 is 1.47 bits per heavy atom. The van der Waals surface area contributed by atoms with E-state index >= 15 is 0 Å². The van der Waals surface area contributed by atoms with Crippen LogP contribution in [0.4, 0.5) is 0 Å². The van der Waals surface area contributed by atoms with Crippen LogP contribution in [0.25, 0.3) is 11.4 Å². The average Bonchev–Trinajstić information content (AvgIpc) is 2.64. The van der Waals surface area contributed by atoms with Crippen LogP contribution >= 0.6 is 11.6 Å². The van der Waals surface area contributed by atoms with E-state index in [2.05, 4.69) is 15.4 Å². The molecule has 1 aromatic carbocycles. The normalized spacial score (nSPS) is 10.3. The Hall–Kier alpha value is -1.75. The van der Waals surface area contributed by atoms with Gasteiger partial charge >= 0.3 is 0 Å². The number of aromatic nitrogens is 4. The zero-order chi connectivity index (χ0) is 10.8. The van der Waals surface area contributed by atoms with Crippen LogP contribution in [0.3, 0.4) is 0 Å². The molecule has 15 heavy (non-hydrogen) atoms. The SMILES string of the molecule is Cn1nnc(-c2ccc(Cl)cc2C=O)n1. The lowest BCUT2D eigenvalue weighted by atomic mass is 10.1.